The van der Waals surface area contributed by atoms with Crippen molar-refractivity contribution in [2.45, 2.75) is 57.1 Å². The summed E-state index contributed by atoms with van der Waals surface area (Å²) in [5, 5.41) is 15.7. The second kappa shape index (κ2) is 14.6. The van der Waals surface area contributed by atoms with Crippen LogP contribution in [0, 0.1) is 11.6 Å². The molecule has 8 rings (SSSR count). The van der Waals surface area contributed by atoms with Gasteiger partial charge >= 0.3 is 0 Å². The SMILES string of the molecule is O=C(c1ccc(F)cc1N1CCC(c2noc3cc(F)ccc23)CC1)N1CCN(CCCc2c(-c3ccccc3)nc3n(c2=O)CCCC3O)CC1. The molecule has 2 saturated heterocycles. The van der Waals surface area contributed by atoms with E-state index < -0.39 is 6.10 Å². The predicted molar refractivity (Wildman–Crippen MR) is 193 cm³/mol. The van der Waals surface area contributed by atoms with E-state index in [1.807, 2.05) is 35.2 Å². The Kier molecular flexibility index (Phi) is 9.59. The standard InChI is InChI=1S/C40H42F2N6O4/c41-28-10-12-30(33(24-28)46-18-14-27(15-19-46)37-31-13-11-29(42)25-35(31)52-44-37)39(50)47-22-20-45(21-23-47)16-4-8-32-36(26-6-2-1-3-7-26)43-38-34(49)9-5-17-48(38)40(32)51/h1-3,6-7,10-13,24-25,27,34,49H,4-5,8-9,14-23H2. The van der Waals surface area contributed by atoms with E-state index in [2.05, 4.69) is 15.0 Å². The Morgan fingerprint density at radius 2 is 1.63 bits per heavy atom. The number of carbonyl (C=O) groups is 1. The van der Waals surface area contributed by atoms with Crippen molar-refractivity contribution in [1.82, 2.24) is 24.5 Å². The average Bonchev–Trinajstić information content (AvgIpc) is 3.59. The Bertz CT molecular complexity index is 2140. The second-order valence-corrected chi connectivity index (χ2v) is 14.1. The molecule has 12 heteroatoms. The average molecular weight is 709 g/mol. The quantitative estimate of drug-likeness (QED) is 0.212. The van der Waals surface area contributed by atoms with E-state index in [9.17, 15) is 23.5 Å². The molecule has 3 aliphatic heterocycles. The maximum atomic E-state index is 14.6. The van der Waals surface area contributed by atoms with Crippen LogP contribution in [0.2, 0.25) is 0 Å². The molecule has 0 spiro atoms. The number of piperidine rings is 1. The highest BCUT2D eigenvalue weighted by Gasteiger charge is 2.30. The molecule has 52 heavy (non-hydrogen) atoms. The molecule has 0 aliphatic carbocycles. The number of aliphatic hydroxyl groups excluding tert-OH is 1. The van der Waals surface area contributed by atoms with Crippen LogP contribution in [-0.4, -0.2) is 81.3 Å². The highest BCUT2D eigenvalue weighted by molar-refractivity contribution is 6.00. The van der Waals surface area contributed by atoms with Crippen LogP contribution in [-0.2, 0) is 13.0 Å². The molecule has 0 saturated carbocycles. The number of hydrogen-bond acceptors (Lipinski definition) is 8. The van der Waals surface area contributed by atoms with Gasteiger partial charge in [-0.15, -0.1) is 0 Å². The van der Waals surface area contributed by atoms with Gasteiger partial charge in [-0.25, -0.2) is 13.8 Å². The number of aliphatic hydroxyl groups is 1. The third-order valence-corrected chi connectivity index (χ3v) is 10.9. The summed E-state index contributed by atoms with van der Waals surface area (Å²) in [4.78, 5) is 38.7. The van der Waals surface area contributed by atoms with Crippen LogP contribution >= 0.6 is 0 Å². The number of nitrogens with zero attached hydrogens (tertiary/aromatic N) is 6. The second-order valence-electron chi connectivity index (χ2n) is 14.1. The summed E-state index contributed by atoms with van der Waals surface area (Å²) in [7, 11) is 0. The summed E-state index contributed by atoms with van der Waals surface area (Å²) < 4.78 is 35.3. The molecule has 1 unspecified atom stereocenters. The Morgan fingerprint density at radius 1 is 0.885 bits per heavy atom. The molecule has 0 radical (unpaired) electrons. The number of piperazine rings is 1. The fourth-order valence-electron chi connectivity index (χ4n) is 8.10. The zero-order valence-corrected chi connectivity index (χ0v) is 29.0. The van der Waals surface area contributed by atoms with Gasteiger partial charge < -0.3 is 19.4 Å². The predicted octanol–water partition coefficient (Wildman–Crippen LogP) is 5.93. The Hall–Kier alpha value is -4.94. The van der Waals surface area contributed by atoms with E-state index in [0.717, 1.165) is 48.9 Å². The number of amides is 1. The first-order valence-electron chi connectivity index (χ1n) is 18.3. The molecule has 1 amide bonds. The normalized spacial score (nSPS) is 18.6. The topological polar surface area (TPSA) is 108 Å². The maximum Gasteiger partial charge on any atom is 0.257 e. The molecule has 5 heterocycles. The van der Waals surface area contributed by atoms with Gasteiger partial charge in [0.1, 0.15) is 23.6 Å². The van der Waals surface area contributed by atoms with E-state index >= 15 is 0 Å². The lowest BCUT2D eigenvalue weighted by Crippen LogP contribution is -2.49. The number of aromatic nitrogens is 3. The van der Waals surface area contributed by atoms with Crippen molar-refractivity contribution >= 4 is 22.6 Å². The van der Waals surface area contributed by atoms with Gasteiger partial charge in [0.2, 0.25) is 0 Å². The summed E-state index contributed by atoms with van der Waals surface area (Å²) in [6.07, 6.45) is 3.40. The van der Waals surface area contributed by atoms with Crippen molar-refractivity contribution in [3.05, 3.63) is 111 Å². The van der Waals surface area contributed by atoms with Gasteiger partial charge in [0.15, 0.2) is 5.58 Å². The molecular formula is C40H42F2N6O4. The molecule has 10 nitrogen and oxygen atoms in total. The van der Waals surface area contributed by atoms with Crippen LogP contribution in [0.25, 0.3) is 22.2 Å². The lowest BCUT2D eigenvalue weighted by Gasteiger charge is -2.37. The van der Waals surface area contributed by atoms with Gasteiger partial charge in [-0.2, -0.15) is 0 Å². The third kappa shape index (κ3) is 6.72. The fraction of sp³-hybridized carbons (Fsp3) is 0.400. The lowest BCUT2D eigenvalue weighted by molar-refractivity contribution is 0.0636. The van der Waals surface area contributed by atoms with Crippen LogP contribution < -0.4 is 10.5 Å². The highest BCUT2D eigenvalue weighted by atomic mass is 19.1. The van der Waals surface area contributed by atoms with Crippen molar-refractivity contribution < 1.29 is 23.2 Å². The summed E-state index contributed by atoms with van der Waals surface area (Å²) in [5.41, 5.74) is 4.46. The zero-order valence-electron chi connectivity index (χ0n) is 29.0. The molecule has 2 aromatic heterocycles. The van der Waals surface area contributed by atoms with Gasteiger partial charge in [-0.05, 0) is 75.4 Å². The smallest absolute Gasteiger partial charge is 0.257 e. The van der Waals surface area contributed by atoms with Gasteiger partial charge in [0.25, 0.3) is 11.5 Å². The number of anilines is 1. The Balaban J connectivity index is 0.895. The minimum Gasteiger partial charge on any atom is -0.385 e. The van der Waals surface area contributed by atoms with Crippen molar-refractivity contribution in [2.75, 3.05) is 50.7 Å². The van der Waals surface area contributed by atoms with E-state index in [-0.39, 0.29) is 29.0 Å². The van der Waals surface area contributed by atoms with E-state index in [4.69, 9.17) is 9.51 Å². The monoisotopic (exact) mass is 708 g/mol. The number of benzene rings is 3. The van der Waals surface area contributed by atoms with Crippen molar-refractivity contribution in [2.24, 2.45) is 0 Å². The number of halogens is 2. The molecule has 0 bridgehead atoms. The Morgan fingerprint density at radius 3 is 2.42 bits per heavy atom. The van der Waals surface area contributed by atoms with Crippen LogP contribution in [0.5, 0.6) is 0 Å². The molecule has 3 aliphatic rings. The summed E-state index contributed by atoms with van der Waals surface area (Å²) in [5.74, 6) is -0.295. The van der Waals surface area contributed by atoms with Gasteiger partial charge in [-0.1, -0.05) is 35.5 Å². The van der Waals surface area contributed by atoms with E-state index in [0.29, 0.717) is 92.6 Å². The molecule has 3 aromatic carbocycles. The van der Waals surface area contributed by atoms with E-state index in [1.165, 1.54) is 24.3 Å². The summed E-state index contributed by atoms with van der Waals surface area (Å²) >= 11 is 0. The summed E-state index contributed by atoms with van der Waals surface area (Å²) in [6.45, 7) is 5.06. The minimum absolute atomic E-state index is 0.0688. The summed E-state index contributed by atoms with van der Waals surface area (Å²) in [6, 6.07) is 18.6. The molecule has 1 N–H and O–H groups in total. The van der Waals surface area contributed by atoms with Crippen LogP contribution in [0.4, 0.5) is 14.5 Å². The van der Waals surface area contributed by atoms with Crippen molar-refractivity contribution in [3.8, 4) is 11.3 Å². The maximum absolute atomic E-state index is 14.6. The molecule has 2 fully saturated rings. The lowest BCUT2D eigenvalue weighted by atomic mass is 9.91. The number of hydrogen-bond donors (Lipinski definition) is 1. The number of rotatable bonds is 8. The van der Waals surface area contributed by atoms with Gasteiger partial charge in [0.05, 0.1) is 22.6 Å². The molecule has 1 atom stereocenters. The van der Waals surface area contributed by atoms with E-state index in [1.54, 1.807) is 16.7 Å². The molecule has 270 valence electrons. The highest BCUT2D eigenvalue weighted by Crippen LogP contribution is 2.36. The van der Waals surface area contributed by atoms with Crippen molar-refractivity contribution in [1.29, 1.82) is 0 Å². The largest absolute Gasteiger partial charge is 0.385 e. The first kappa shape index (κ1) is 34.2. The van der Waals surface area contributed by atoms with Crippen molar-refractivity contribution in [3.63, 3.8) is 0 Å². The Labute approximate surface area is 300 Å². The van der Waals surface area contributed by atoms with Crippen LogP contribution in [0.3, 0.4) is 0 Å². The number of carbonyl (C=O) groups excluding carboxylic acids is 1. The van der Waals surface area contributed by atoms with Crippen LogP contribution in [0.1, 0.15) is 71.6 Å². The van der Waals surface area contributed by atoms with Crippen LogP contribution in [0.15, 0.2) is 76.0 Å². The minimum atomic E-state index is -0.740. The molecule has 5 aromatic rings. The first-order valence-corrected chi connectivity index (χ1v) is 18.3. The first-order chi connectivity index (χ1) is 25.3. The molecular weight excluding hydrogens is 666 g/mol. The fourth-order valence-corrected chi connectivity index (χ4v) is 8.10. The zero-order chi connectivity index (χ0) is 35.8. The number of fused-ring (bicyclic) bond motifs is 2. The third-order valence-electron chi connectivity index (χ3n) is 10.9. The van der Waals surface area contributed by atoms with Gasteiger partial charge in [0, 0.05) is 74.3 Å². The van der Waals surface area contributed by atoms with Gasteiger partial charge in [-0.3, -0.25) is 19.1 Å².